The summed E-state index contributed by atoms with van der Waals surface area (Å²) in [5, 5.41) is 16.7. The van der Waals surface area contributed by atoms with Crippen LogP contribution in [0.25, 0.3) is 0 Å². The molecule has 0 atom stereocenters. The molecule has 9 heteroatoms. The van der Waals surface area contributed by atoms with Gasteiger partial charge in [0.15, 0.2) is 0 Å². The number of anilines is 2. The Hall–Kier alpha value is -3.07. The zero-order valence-electron chi connectivity index (χ0n) is 15.9. The van der Waals surface area contributed by atoms with Crippen LogP contribution in [0.1, 0.15) is 25.0 Å². The van der Waals surface area contributed by atoms with Crippen LogP contribution >= 0.6 is 0 Å². The second-order valence-corrected chi connectivity index (χ2v) is 7.12. The topological polar surface area (TPSA) is 90.5 Å². The van der Waals surface area contributed by atoms with Crippen molar-refractivity contribution in [2.45, 2.75) is 32.0 Å². The lowest BCUT2D eigenvalue weighted by Crippen LogP contribution is -2.46. The summed E-state index contributed by atoms with van der Waals surface area (Å²) in [6.07, 6.45) is -4.40. The second kappa shape index (κ2) is 8.95. The number of benzene rings is 2. The van der Waals surface area contributed by atoms with Gasteiger partial charge in [0.2, 0.25) is 5.91 Å². The fourth-order valence-corrected chi connectivity index (χ4v) is 2.42. The van der Waals surface area contributed by atoms with Crippen LogP contribution in [0, 0.1) is 0 Å². The first kappa shape index (κ1) is 22.2. The minimum absolute atomic E-state index is 0.0112. The van der Waals surface area contributed by atoms with Gasteiger partial charge in [-0.3, -0.25) is 4.79 Å². The van der Waals surface area contributed by atoms with Crippen LogP contribution < -0.4 is 16.0 Å². The molecule has 0 radical (unpaired) electrons. The highest BCUT2D eigenvalue weighted by atomic mass is 19.4. The zero-order chi connectivity index (χ0) is 21.7. The van der Waals surface area contributed by atoms with E-state index in [1.54, 1.807) is 38.1 Å². The first-order valence-electron chi connectivity index (χ1n) is 8.74. The lowest BCUT2D eigenvalue weighted by Gasteiger charge is -2.23. The number of carbonyl (C=O) groups excluding carboxylic acids is 2. The summed E-state index contributed by atoms with van der Waals surface area (Å²) in [6, 6.07) is 10.1. The van der Waals surface area contributed by atoms with E-state index in [0.29, 0.717) is 11.3 Å². The number of carbonyl (C=O) groups is 2. The average Bonchev–Trinajstić information content (AvgIpc) is 2.62. The third-order valence-electron chi connectivity index (χ3n) is 3.90. The number of alkyl halides is 3. The largest absolute Gasteiger partial charge is 0.416 e. The quantitative estimate of drug-likeness (QED) is 0.585. The molecule has 0 aliphatic rings. The second-order valence-electron chi connectivity index (χ2n) is 7.12. The third-order valence-corrected chi connectivity index (χ3v) is 3.90. The van der Waals surface area contributed by atoms with Gasteiger partial charge in [-0.15, -0.1) is 0 Å². The molecule has 0 saturated carbocycles. The van der Waals surface area contributed by atoms with E-state index in [1.165, 1.54) is 12.1 Å². The summed E-state index contributed by atoms with van der Waals surface area (Å²) in [5.41, 5.74) is -0.464. The van der Waals surface area contributed by atoms with Gasteiger partial charge >= 0.3 is 12.2 Å². The van der Waals surface area contributed by atoms with E-state index in [4.69, 9.17) is 0 Å². The van der Waals surface area contributed by atoms with Crippen LogP contribution in [0.15, 0.2) is 48.5 Å². The summed E-state index contributed by atoms with van der Waals surface area (Å²) in [4.78, 5) is 24.0. The van der Waals surface area contributed by atoms with Gasteiger partial charge in [0.05, 0.1) is 24.1 Å². The Morgan fingerprint density at radius 1 is 0.966 bits per heavy atom. The van der Waals surface area contributed by atoms with Gasteiger partial charge in [-0.1, -0.05) is 18.2 Å². The van der Waals surface area contributed by atoms with Crippen LogP contribution in [0.2, 0.25) is 0 Å². The molecular weight excluding hydrogens is 387 g/mol. The Morgan fingerprint density at radius 3 is 2.17 bits per heavy atom. The first-order chi connectivity index (χ1) is 13.5. The maximum atomic E-state index is 12.7. The predicted molar refractivity (Wildman–Crippen MR) is 104 cm³/mol. The normalized spacial score (nSPS) is 11.7. The number of aliphatic hydroxyl groups is 1. The van der Waals surface area contributed by atoms with E-state index in [1.807, 2.05) is 0 Å². The molecule has 0 aromatic heterocycles. The minimum atomic E-state index is -4.50. The molecule has 0 bridgehead atoms. The van der Waals surface area contributed by atoms with Gasteiger partial charge in [0.1, 0.15) is 0 Å². The van der Waals surface area contributed by atoms with Gasteiger partial charge < -0.3 is 21.1 Å². The number of amides is 3. The van der Waals surface area contributed by atoms with Crippen LogP contribution in [0.4, 0.5) is 29.3 Å². The van der Waals surface area contributed by atoms with Crippen molar-refractivity contribution in [3.8, 4) is 0 Å². The fourth-order valence-electron chi connectivity index (χ4n) is 2.42. The molecule has 2 aromatic rings. The van der Waals surface area contributed by atoms with Crippen molar-refractivity contribution in [3.63, 3.8) is 0 Å². The van der Waals surface area contributed by atoms with E-state index in [0.717, 1.165) is 12.1 Å². The Morgan fingerprint density at radius 2 is 1.59 bits per heavy atom. The van der Waals surface area contributed by atoms with Crippen molar-refractivity contribution in [1.29, 1.82) is 0 Å². The van der Waals surface area contributed by atoms with Crippen LogP contribution in [-0.2, 0) is 17.4 Å². The molecule has 0 saturated heterocycles. The number of halogens is 3. The molecule has 29 heavy (non-hydrogen) atoms. The summed E-state index contributed by atoms with van der Waals surface area (Å²) in [5.74, 6) is -0.257. The van der Waals surface area contributed by atoms with Gasteiger partial charge in [0.25, 0.3) is 0 Å². The van der Waals surface area contributed by atoms with Crippen LogP contribution in [0.5, 0.6) is 0 Å². The van der Waals surface area contributed by atoms with Crippen LogP contribution in [-0.4, -0.2) is 29.2 Å². The molecule has 0 aliphatic heterocycles. The first-order valence-corrected chi connectivity index (χ1v) is 8.74. The number of urea groups is 1. The molecule has 2 aromatic carbocycles. The highest BCUT2D eigenvalue weighted by Gasteiger charge is 2.30. The minimum Gasteiger partial charge on any atom is -0.394 e. The summed E-state index contributed by atoms with van der Waals surface area (Å²) < 4.78 is 38.2. The molecule has 0 heterocycles. The van der Waals surface area contributed by atoms with E-state index < -0.39 is 23.3 Å². The maximum absolute atomic E-state index is 12.7. The lowest BCUT2D eigenvalue weighted by molar-refractivity contribution is -0.137. The molecule has 0 aliphatic carbocycles. The molecule has 0 unspecified atom stereocenters. The Labute approximate surface area is 166 Å². The third kappa shape index (κ3) is 7.11. The number of rotatable bonds is 6. The molecule has 0 fully saturated rings. The van der Waals surface area contributed by atoms with E-state index in [9.17, 15) is 27.9 Å². The highest BCUT2D eigenvalue weighted by Crippen LogP contribution is 2.30. The smallest absolute Gasteiger partial charge is 0.394 e. The van der Waals surface area contributed by atoms with Crippen molar-refractivity contribution in [2.75, 3.05) is 17.2 Å². The maximum Gasteiger partial charge on any atom is 0.416 e. The molecular formula is C20H22F3N3O3. The van der Waals surface area contributed by atoms with Gasteiger partial charge in [0, 0.05) is 11.4 Å². The average molecular weight is 409 g/mol. The number of hydrogen-bond donors (Lipinski definition) is 4. The SMILES string of the molecule is CC(C)(CO)NC(=O)Cc1ccc(NC(=O)Nc2cccc(C(F)(F)F)c2)cc1. The molecule has 156 valence electrons. The number of nitrogens with one attached hydrogen (secondary N) is 3. The summed E-state index contributed by atoms with van der Waals surface area (Å²) >= 11 is 0. The molecule has 3 amide bonds. The zero-order valence-corrected chi connectivity index (χ0v) is 15.9. The van der Waals surface area contributed by atoms with Gasteiger partial charge in [-0.25, -0.2) is 4.79 Å². The van der Waals surface area contributed by atoms with E-state index in [-0.39, 0.29) is 24.6 Å². The van der Waals surface area contributed by atoms with Crippen molar-refractivity contribution in [2.24, 2.45) is 0 Å². The van der Waals surface area contributed by atoms with Crippen molar-refractivity contribution >= 4 is 23.3 Å². The highest BCUT2D eigenvalue weighted by molar-refractivity contribution is 5.99. The lowest BCUT2D eigenvalue weighted by atomic mass is 10.1. The summed E-state index contributed by atoms with van der Waals surface area (Å²) in [6.45, 7) is 3.20. The van der Waals surface area contributed by atoms with E-state index >= 15 is 0 Å². The standard InChI is InChI=1S/C20H22F3N3O3/c1-19(2,12-27)26-17(28)10-13-6-8-15(9-7-13)24-18(29)25-16-5-3-4-14(11-16)20(21,22)23/h3-9,11,27H,10,12H2,1-2H3,(H,26,28)(H2,24,25,29). The molecule has 0 spiro atoms. The van der Waals surface area contributed by atoms with Crippen molar-refractivity contribution in [3.05, 3.63) is 59.7 Å². The summed E-state index contributed by atoms with van der Waals surface area (Å²) in [7, 11) is 0. The van der Waals surface area contributed by atoms with E-state index in [2.05, 4.69) is 16.0 Å². The molecule has 4 N–H and O–H groups in total. The predicted octanol–water partition coefficient (Wildman–Crippen LogP) is 3.78. The van der Waals surface area contributed by atoms with Gasteiger partial charge in [-0.05, 0) is 49.7 Å². The Balaban J connectivity index is 1.93. The molecule has 2 rings (SSSR count). The Kier molecular flexibility index (Phi) is 6.86. The fraction of sp³-hybridized carbons (Fsp3) is 0.300. The number of aliphatic hydroxyl groups excluding tert-OH is 1. The van der Waals surface area contributed by atoms with Crippen LogP contribution in [0.3, 0.4) is 0 Å². The van der Waals surface area contributed by atoms with Crippen molar-refractivity contribution in [1.82, 2.24) is 5.32 Å². The molecule has 6 nitrogen and oxygen atoms in total. The number of hydrogen-bond acceptors (Lipinski definition) is 3. The monoisotopic (exact) mass is 409 g/mol. The van der Waals surface area contributed by atoms with Gasteiger partial charge in [-0.2, -0.15) is 13.2 Å². The van der Waals surface area contributed by atoms with Crippen molar-refractivity contribution < 1.29 is 27.9 Å². The Bertz CT molecular complexity index is 865.